The van der Waals surface area contributed by atoms with E-state index < -0.39 is 5.54 Å². The van der Waals surface area contributed by atoms with Gasteiger partial charge in [-0.15, -0.1) is 0 Å². The molecule has 168 valence electrons. The summed E-state index contributed by atoms with van der Waals surface area (Å²) in [6.45, 7) is 6.87. The minimum atomic E-state index is -1.04. The van der Waals surface area contributed by atoms with Gasteiger partial charge in [-0.25, -0.2) is 4.79 Å². The highest BCUT2D eigenvalue weighted by molar-refractivity contribution is 6.00. The van der Waals surface area contributed by atoms with Gasteiger partial charge in [-0.1, -0.05) is 48.0 Å². The third-order valence-electron chi connectivity index (χ3n) is 6.43. The lowest BCUT2D eigenvalue weighted by atomic mass is 9.89. The number of hydrogen-bond donors (Lipinski definition) is 1. The topological polar surface area (TPSA) is 73.0 Å². The second-order valence-corrected chi connectivity index (χ2v) is 8.99. The molecule has 2 aliphatic heterocycles. The molecule has 0 aromatic heterocycles. The van der Waals surface area contributed by atoms with Crippen LogP contribution in [-0.2, 0) is 16.1 Å². The lowest BCUT2D eigenvalue weighted by Gasteiger charge is -2.48. The largest absolute Gasteiger partial charge is 0.329 e. The lowest BCUT2D eigenvalue weighted by Crippen LogP contribution is -2.69. The van der Waals surface area contributed by atoms with Crippen LogP contribution >= 0.6 is 0 Å². The van der Waals surface area contributed by atoms with Crippen LogP contribution in [0, 0.1) is 6.92 Å². The summed E-state index contributed by atoms with van der Waals surface area (Å²) in [6.07, 6.45) is 0.425. The quantitative estimate of drug-likeness (QED) is 0.803. The average Bonchev–Trinajstić information content (AvgIpc) is 3.22. The number of para-hydroxylation sites is 1. The first-order valence-electron chi connectivity index (χ1n) is 11.1. The van der Waals surface area contributed by atoms with Crippen molar-refractivity contribution in [3.63, 3.8) is 0 Å². The number of piperazine rings is 1. The van der Waals surface area contributed by atoms with Gasteiger partial charge in [0.2, 0.25) is 5.91 Å². The van der Waals surface area contributed by atoms with Gasteiger partial charge in [0.1, 0.15) is 12.1 Å². The zero-order valence-electron chi connectivity index (χ0n) is 18.9. The van der Waals surface area contributed by atoms with Crippen LogP contribution in [0.25, 0.3) is 0 Å². The third-order valence-corrected chi connectivity index (χ3v) is 6.43. The molecule has 0 bridgehead atoms. The summed E-state index contributed by atoms with van der Waals surface area (Å²) < 4.78 is 0. The molecule has 2 fully saturated rings. The van der Waals surface area contributed by atoms with Crippen molar-refractivity contribution in [3.8, 4) is 0 Å². The van der Waals surface area contributed by atoms with Crippen LogP contribution in [0.2, 0.25) is 0 Å². The standard InChI is InChI=1S/C25H30N4O3/c1-18(2)28-16-22(30)29(15-20-11-9-19(3)10-12-20)25(23(28)31)13-14-27(17-25)24(32)26-21-7-5-4-6-8-21/h4-12,18H,13-17H2,1-3H3,(H,26,32). The van der Waals surface area contributed by atoms with Crippen LogP contribution in [0.5, 0.6) is 0 Å². The van der Waals surface area contributed by atoms with E-state index in [0.717, 1.165) is 11.1 Å². The highest BCUT2D eigenvalue weighted by atomic mass is 16.2. The van der Waals surface area contributed by atoms with Crippen molar-refractivity contribution >= 4 is 23.5 Å². The number of aryl methyl sites for hydroxylation is 1. The summed E-state index contributed by atoms with van der Waals surface area (Å²) in [4.78, 5) is 44.9. The fourth-order valence-electron chi connectivity index (χ4n) is 4.54. The Hall–Kier alpha value is -3.35. The van der Waals surface area contributed by atoms with Crippen LogP contribution in [0.15, 0.2) is 54.6 Å². The number of benzene rings is 2. The fraction of sp³-hybridized carbons (Fsp3) is 0.400. The summed E-state index contributed by atoms with van der Waals surface area (Å²) in [5, 5.41) is 2.90. The summed E-state index contributed by atoms with van der Waals surface area (Å²) in [7, 11) is 0. The smallest absolute Gasteiger partial charge is 0.321 e. The monoisotopic (exact) mass is 434 g/mol. The molecule has 32 heavy (non-hydrogen) atoms. The fourth-order valence-corrected chi connectivity index (χ4v) is 4.54. The Morgan fingerprint density at radius 2 is 1.75 bits per heavy atom. The van der Waals surface area contributed by atoms with Crippen LogP contribution in [-0.4, -0.2) is 63.8 Å². The molecule has 7 heteroatoms. The van der Waals surface area contributed by atoms with Crippen molar-refractivity contribution in [1.82, 2.24) is 14.7 Å². The van der Waals surface area contributed by atoms with Crippen LogP contribution in [0.4, 0.5) is 10.5 Å². The van der Waals surface area contributed by atoms with Gasteiger partial charge in [-0.3, -0.25) is 9.59 Å². The van der Waals surface area contributed by atoms with Gasteiger partial charge in [-0.2, -0.15) is 0 Å². The molecule has 2 aliphatic rings. The van der Waals surface area contributed by atoms with E-state index >= 15 is 0 Å². The van der Waals surface area contributed by atoms with Crippen LogP contribution in [0.3, 0.4) is 0 Å². The molecule has 1 unspecified atom stereocenters. The summed E-state index contributed by atoms with van der Waals surface area (Å²) in [6, 6.07) is 16.9. The van der Waals surface area contributed by atoms with Gasteiger partial charge in [0, 0.05) is 24.8 Å². The van der Waals surface area contributed by atoms with Crippen molar-refractivity contribution in [3.05, 3.63) is 65.7 Å². The minimum absolute atomic E-state index is 0.0698. The molecule has 4 rings (SSSR count). The number of nitrogens with one attached hydrogen (secondary N) is 1. The van der Waals surface area contributed by atoms with Crippen LogP contribution in [0.1, 0.15) is 31.4 Å². The van der Waals surface area contributed by atoms with E-state index in [1.807, 2.05) is 75.4 Å². The Morgan fingerprint density at radius 1 is 1.06 bits per heavy atom. The second kappa shape index (κ2) is 8.65. The van der Waals surface area contributed by atoms with E-state index in [-0.39, 0.29) is 37.0 Å². The zero-order chi connectivity index (χ0) is 22.9. The van der Waals surface area contributed by atoms with E-state index in [0.29, 0.717) is 25.2 Å². The van der Waals surface area contributed by atoms with Crippen LogP contribution < -0.4 is 5.32 Å². The molecule has 2 heterocycles. The van der Waals surface area contributed by atoms with Gasteiger partial charge < -0.3 is 20.0 Å². The van der Waals surface area contributed by atoms with Crippen molar-refractivity contribution in [2.24, 2.45) is 0 Å². The zero-order valence-corrected chi connectivity index (χ0v) is 18.9. The molecular weight excluding hydrogens is 404 g/mol. The predicted molar refractivity (Wildman–Crippen MR) is 123 cm³/mol. The van der Waals surface area contributed by atoms with E-state index in [2.05, 4.69) is 5.32 Å². The number of likely N-dealkylation sites (tertiary alicyclic amines) is 1. The highest BCUT2D eigenvalue weighted by Gasteiger charge is 2.57. The Balaban J connectivity index is 1.61. The molecule has 1 spiro atoms. The van der Waals surface area contributed by atoms with Crippen molar-refractivity contribution in [1.29, 1.82) is 0 Å². The molecule has 0 radical (unpaired) electrons. The van der Waals surface area contributed by atoms with Gasteiger partial charge in [-0.05, 0) is 44.9 Å². The Kier molecular flexibility index (Phi) is 5.91. The number of carbonyl (C=O) groups excluding carboxylic acids is 3. The van der Waals surface area contributed by atoms with Gasteiger partial charge >= 0.3 is 6.03 Å². The molecular formula is C25H30N4O3. The molecule has 2 aromatic rings. The number of amides is 4. The number of hydrogen-bond acceptors (Lipinski definition) is 3. The Labute approximate surface area is 189 Å². The third kappa shape index (κ3) is 4.07. The van der Waals surface area contributed by atoms with E-state index in [4.69, 9.17) is 0 Å². The number of urea groups is 1. The maximum absolute atomic E-state index is 13.7. The molecule has 2 aromatic carbocycles. The number of carbonyl (C=O) groups is 3. The minimum Gasteiger partial charge on any atom is -0.329 e. The first kappa shape index (κ1) is 21.9. The molecule has 1 N–H and O–H groups in total. The molecule has 7 nitrogen and oxygen atoms in total. The van der Waals surface area contributed by atoms with Crippen molar-refractivity contribution in [2.75, 3.05) is 25.0 Å². The average molecular weight is 435 g/mol. The van der Waals surface area contributed by atoms with Gasteiger partial charge in [0.15, 0.2) is 0 Å². The van der Waals surface area contributed by atoms with E-state index in [1.165, 1.54) is 0 Å². The first-order chi connectivity index (χ1) is 15.3. The maximum Gasteiger partial charge on any atom is 0.321 e. The number of rotatable bonds is 4. The lowest BCUT2D eigenvalue weighted by molar-refractivity contribution is -0.166. The Morgan fingerprint density at radius 3 is 2.41 bits per heavy atom. The van der Waals surface area contributed by atoms with Gasteiger partial charge in [0.25, 0.3) is 5.91 Å². The Bertz CT molecular complexity index is 1010. The van der Waals surface area contributed by atoms with Gasteiger partial charge in [0.05, 0.1) is 6.54 Å². The molecule has 4 amide bonds. The summed E-state index contributed by atoms with van der Waals surface area (Å²) in [5.41, 5.74) is 1.77. The molecule has 1 atom stereocenters. The molecule has 2 saturated heterocycles. The molecule has 0 aliphatic carbocycles. The van der Waals surface area contributed by atoms with E-state index in [1.54, 1.807) is 14.7 Å². The van der Waals surface area contributed by atoms with Crippen molar-refractivity contribution in [2.45, 2.75) is 45.3 Å². The maximum atomic E-state index is 13.7. The van der Waals surface area contributed by atoms with E-state index in [9.17, 15) is 14.4 Å². The normalized spacial score (nSPS) is 21.1. The summed E-state index contributed by atoms with van der Waals surface area (Å²) in [5.74, 6) is -0.154. The number of nitrogens with zero attached hydrogens (tertiary/aromatic N) is 3. The van der Waals surface area contributed by atoms with Crippen molar-refractivity contribution < 1.29 is 14.4 Å². The highest BCUT2D eigenvalue weighted by Crippen LogP contribution is 2.36. The SMILES string of the molecule is Cc1ccc(CN2C(=O)CN(C(C)C)C(=O)C23CCN(C(=O)Nc2ccccc2)C3)cc1. The first-order valence-corrected chi connectivity index (χ1v) is 11.1. The summed E-state index contributed by atoms with van der Waals surface area (Å²) >= 11 is 0. The number of anilines is 1. The predicted octanol–water partition coefficient (Wildman–Crippen LogP) is 3.25. The molecule has 0 saturated carbocycles. The second-order valence-electron chi connectivity index (χ2n) is 8.99.